The highest BCUT2D eigenvalue weighted by Gasteiger charge is 2.24. The summed E-state index contributed by atoms with van der Waals surface area (Å²) in [5, 5.41) is 2.99. The van der Waals surface area contributed by atoms with Crippen molar-refractivity contribution >= 4 is 5.91 Å². The standard InChI is InChI=1S/C12H26N2O/c1-5-12(6-2,8-13)9-14-11(15)7-10(3)4/h10H,5-9,13H2,1-4H3,(H,14,15). The van der Waals surface area contributed by atoms with E-state index in [1.807, 2.05) is 0 Å². The highest BCUT2D eigenvalue weighted by Crippen LogP contribution is 2.23. The van der Waals surface area contributed by atoms with Gasteiger partial charge in [0.1, 0.15) is 0 Å². The first kappa shape index (κ1) is 14.4. The maximum absolute atomic E-state index is 11.5. The Bertz CT molecular complexity index is 178. The Labute approximate surface area is 93.8 Å². The van der Waals surface area contributed by atoms with Crippen LogP contribution in [-0.2, 0) is 4.79 Å². The van der Waals surface area contributed by atoms with Gasteiger partial charge in [-0.3, -0.25) is 4.79 Å². The summed E-state index contributed by atoms with van der Waals surface area (Å²) in [4.78, 5) is 11.5. The van der Waals surface area contributed by atoms with Crippen molar-refractivity contribution in [2.24, 2.45) is 17.1 Å². The minimum absolute atomic E-state index is 0.0899. The van der Waals surface area contributed by atoms with Crippen molar-refractivity contribution < 1.29 is 4.79 Å². The van der Waals surface area contributed by atoms with Crippen LogP contribution in [0.2, 0.25) is 0 Å². The van der Waals surface area contributed by atoms with E-state index < -0.39 is 0 Å². The smallest absolute Gasteiger partial charge is 0.220 e. The highest BCUT2D eigenvalue weighted by atomic mass is 16.1. The first-order valence-corrected chi connectivity index (χ1v) is 5.96. The van der Waals surface area contributed by atoms with Gasteiger partial charge >= 0.3 is 0 Å². The molecule has 0 aromatic heterocycles. The summed E-state index contributed by atoms with van der Waals surface area (Å²) in [6, 6.07) is 0. The molecule has 0 atom stereocenters. The van der Waals surface area contributed by atoms with E-state index in [0.29, 0.717) is 25.4 Å². The van der Waals surface area contributed by atoms with Crippen LogP contribution in [-0.4, -0.2) is 19.0 Å². The first-order valence-electron chi connectivity index (χ1n) is 5.96. The van der Waals surface area contributed by atoms with Crippen LogP contribution in [0.5, 0.6) is 0 Å². The number of nitrogens with two attached hydrogens (primary N) is 1. The number of carbonyl (C=O) groups excluding carboxylic acids is 1. The Morgan fingerprint density at radius 1 is 1.33 bits per heavy atom. The lowest BCUT2D eigenvalue weighted by atomic mass is 9.82. The molecule has 0 rings (SSSR count). The quantitative estimate of drug-likeness (QED) is 0.680. The van der Waals surface area contributed by atoms with Gasteiger partial charge in [0, 0.05) is 13.0 Å². The van der Waals surface area contributed by atoms with Crippen LogP contribution in [0.3, 0.4) is 0 Å². The molecule has 0 aromatic rings. The van der Waals surface area contributed by atoms with Gasteiger partial charge in [0.2, 0.25) is 5.91 Å². The summed E-state index contributed by atoms with van der Waals surface area (Å²) < 4.78 is 0. The number of amides is 1. The summed E-state index contributed by atoms with van der Waals surface area (Å²) in [7, 11) is 0. The molecule has 3 N–H and O–H groups in total. The Hall–Kier alpha value is -0.570. The van der Waals surface area contributed by atoms with Gasteiger partial charge in [-0.1, -0.05) is 27.7 Å². The molecule has 0 fully saturated rings. The lowest BCUT2D eigenvalue weighted by molar-refractivity contribution is -0.122. The first-order chi connectivity index (χ1) is 6.99. The van der Waals surface area contributed by atoms with Crippen LogP contribution in [0.1, 0.15) is 47.0 Å². The summed E-state index contributed by atoms with van der Waals surface area (Å²) in [6.45, 7) is 9.71. The molecular weight excluding hydrogens is 188 g/mol. The van der Waals surface area contributed by atoms with Crippen molar-refractivity contribution in [3.05, 3.63) is 0 Å². The number of rotatable bonds is 7. The number of hydrogen-bond donors (Lipinski definition) is 2. The largest absolute Gasteiger partial charge is 0.355 e. The van der Waals surface area contributed by atoms with E-state index in [1.54, 1.807) is 0 Å². The molecule has 3 heteroatoms. The highest BCUT2D eigenvalue weighted by molar-refractivity contribution is 5.76. The Balaban J connectivity index is 4.05. The fraction of sp³-hybridized carbons (Fsp3) is 0.917. The van der Waals surface area contributed by atoms with Crippen LogP contribution in [0, 0.1) is 11.3 Å². The van der Waals surface area contributed by atoms with Gasteiger partial charge in [-0.25, -0.2) is 0 Å². The Morgan fingerprint density at radius 3 is 2.20 bits per heavy atom. The van der Waals surface area contributed by atoms with Gasteiger partial charge in [0.05, 0.1) is 0 Å². The molecule has 0 saturated heterocycles. The van der Waals surface area contributed by atoms with Crippen molar-refractivity contribution in [1.82, 2.24) is 5.32 Å². The van der Waals surface area contributed by atoms with Gasteiger partial charge in [0.15, 0.2) is 0 Å². The third kappa shape index (κ3) is 5.17. The summed E-state index contributed by atoms with van der Waals surface area (Å²) in [5.74, 6) is 0.560. The third-order valence-corrected chi connectivity index (χ3v) is 3.19. The summed E-state index contributed by atoms with van der Waals surface area (Å²) in [5.41, 5.74) is 5.85. The minimum Gasteiger partial charge on any atom is -0.355 e. The zero-order valence-electron chi connectivity index (χ0n) is 10.6. The second-order valence-corrected chi connectivity index (χ2v) is 4.79. The third-order valence-electron chi connectivity index (χ3n) is 3.19. The fourth-order valence-corrected chi connectivity index (χ4v) is 1.59. The van der Waals surface area contributed by atoms with Crippen molar-refractivity contribution in [3.63, 3.8) is 0 Å². The summed E-state index contributed by atoms with van der Waals surface area (Å²) in [6.07, 6.45) is 2.64. The maximum Gasteiger partial charge on any atom is 0.220 e. The second-order valence-electron chi connectivity index (χ2n) is 4.79. The van der Waals surface area contributed by atoms with Crippen LogP contribution in [0.4, 0.5) is 0 Å². The van der Waals surface area contributed by atoms with Crippen LogP contribution >= 0.6 is 0 Å². The van der Waals surface area contributed by atoms with Crippen LogP contribution in [0.15, 0.2) is 0 Å². The fourth-order valence-electron chi connectivity index (χ4n) is 1.59. The normalized spacial score (nSPS) is 11.9. The Morgan fingerprint density at radius 2 is 1.87 bits per heavy atom. The molecule has 0 aliphatic rings. The van der Waals surface area contributed by atoms with Gasteiger partial charge in [-0.2, -0.15) is 0 Å². The monoisotopic (exact) mass is 214 g/mol. The predicted octanol–water partition coefficient (Wildman–Crippen LogP) is 1.91. The van der Waals surface area contributed by atoms with Gasteiger partial charge in [0.25, 0.3) is 0 Å². The van der Waals surface area contributed by atoms with Gasteiger partial charge in [-0.05, 0) is 30.7 Å². The van der Waals surface area contributed by atoms with Crippen molar-refractivity contribution in [2.75, 3.05) is 13.1 Å². The molecule has 0 unspecified atom stereocenters. The Kier molecular flexibility index (Phi) is 6.57. The number of hydrogen-bond acceptors (Lipinski definition) is 2. The number of nitrogens with one attached hydrogen (secondary N) is 1. The van der Waals surface area contributed by atoms with E-state index in [4.69, 9.17) is 5.73 Å². The molecule has 0 aliphatic carbocycles. The predicted molar refractivity (Wildman–Crippen MR) is 64.5 cm³/mol. The molecule has 0 aliphatic heterocycles. The topological polar surface area (TPSA) is 55.1 Å². The average molecular weight is 214 g/mol. The van der Waals surface area contributed by atoms with E-state index in [2.05, 4.69) is 33.0 Å². The lowest BCUT2D eigenvalue weighted by Crippen LogP contribution is -2.42. The number of carbonyl (C=O) groups is 1. The van der Waals surface area contributed by atoms with Crippen molar-refractivity contribution in [1.29, 1.82) is 0 Å². The molecule has 0 bridgehead atoms. The molecule has 0 spiro atoms. The molecular formula is C12H26N2O. The van der Waals surface area contributed by atoms with E-state index in [9.17, 15) is 4.79 Å². The summed E-state index contributed by atoms with van der Waals surface area (Å²) >= 11 is 0. The minimum atomic E-state index is 0.0899. The lowest BCUT2D eigenvalue weighted by Gasteiger charge is -2.30. The molecule has 1 amide bonds. The zero-order valence-corrected chi connectivity index (χ0v) is 10.6. The molecule has 0 heterocycles. The molecule has 90 valence electrons. The maximum atomic E-state index is 11.5. The van der Waals surface area contributed by atoms with Gasteiger partial charge in [-0.15, -0.1) is 0 Å². The molecule has 15 heavy (non-hydrogen) atoms. The van der Waals surface area contributed by atoms with Crippen molar-refractivity contribution in [2.45, 2.75) is 47.0 Å². The molecule has 0 aromatic carbocycles. The van der Waals surface area contributed by atoms with E-state index in [0.717, 1.165) is 12.8 Å². The van der Waals surface area contributed by atoms with Crippen LogP contribution in [0.25, 0.3) is 0 Å². The van der Waals surface area contributed by atoms with E-state index in [-0.39, 0.29) is 11.3 Å². The van der Waals surface area contributed by atoms with E-state index >= 15 is 0 Å². The average Bonchev–Trinajstić information content (AvgIpc) is 2.20. The molecule has 0 saturated carbocycles. The SMILES string of the molecule is CCC(CC)(CN)CNC(=O)CC(C)C. The van der Waals surface area contributed by atoms with Gasteiger partial charge < -0.3 is 11.1 Å². The van der Waals surface area contributed by atoms with E-state index in [1.165, 1.54) is 0 Å². The molecule has 3 nitrogen and oxygen atoms in total. The van der Waals surface area contributed by atoms with Crippen LogP contribution < -0.4 is 11.1 Å². The second kappa shape index (κ2) is 6.83. The molecule has 0 radical (unpaired) electrons. The zero-order chi connectivity index (χ0) is 11.9. The van der Waals surface area contributed by atoms with Crippen molar-refractivity contribution in [3.8, 4) is 0 Å².